The van der Waals surface area contributed by atoms with Gasteiger partial charge in [0.2, 0.25) is 0 Å². The molecule has 0 radical (unpaired) electrons. The molecular weight excluding hydrogens is 398 g/mol. The predicted octanol–water partition coefficient (Wildman–Crippen LogP) is 4.75. The van der Waals surface area contributed by atoms with Crippen LogP contribution in [0.4, 0.5) is 11.6 Å². The summed E-state index contributed by atoms with van der Waals surface area (Å²) in [6, 6.07) is 10.3. The van der Waals surface area contributed by atoms with E-state index in [9.17, 15) is 0 Å². The predicted molar refractivity (Wildman–Crippen MR) is 127 cm³/mol. The molecule has 0 amide bonds. The number of aromatic nitrogens is 5. The van der Waals surface area contributed by atoms with Gasteiger partial charge in [-0.15, -0.1) is 0 Å². The Labute approximate surface area is 187 Å². The Bertz CT molecular complexity index is 1200. The van der Waals surface area contributed by atoms with Crippen molar-refractivity contribution < 1.29 is 0 Å². The number of fused-ring (bicyclic) bond motifs is 1. The molecule has 2 N–H and O–H groups in total. The van der Waals surface area contributed by atoms with Gasteiger partial charge in [0.25, 0.3) is 0 Å². The molecule has 0 saturated heterocycles. The van der Waals surface area contributed by atoms with Crippen LogP contribution in [-0.2, 0) is 6.54 Å². The van der Waals surface area contributed by atoms with Crippen LogP contribution in [0, 0.1) is 0 Å². The summed E-state index contributed by atoms with van der Waals surface area (Å²) >= 11 is 0. The third kappa shape index (κ3) is 4.10. The molecular formula is C25H27N7. The fraction of sp³-hybridized carbons (Fsp3) is 0.320. The fourth-order valence-corrected chi connectivity index (χ4v) is 4.61. The number of rotatable bonds is 5. The molecule has 1 aliphatic rings. The molecule has 32 heavy (non-hydrogen) atoms. The zero-order chi connectivity index (χ0) is 21.9. The molecule has 1 fully saturated rings. The van der Waals surface area contributed by atoms with E-state index in [2.05, 4.69) is 38.1 Å². The molecule has 7 nitrogen and oxygen atoms in total. The first kappa shape index (κ1) is 20.3. The van der Waals surface area contributed by atoms with E-state index in [0.29, 0.717) is 17.4 Å². The van der Waals surface area contributed by atoms with E-state index in [1.165, 1.54) is 44.0 Å². The second-order valence-corrected chi connectivity index (χ2v) is 8.51. The number of pyridine rings is 3. The minimum atomic E-state index is 0.471. The Hall–Kier alpha value is -3.61. The molecule has 0 atom stereocenters. The van der Waals surface area contributed by atoms with Crippen molar-refractivity contribution >= 4 is 22.7 Å². The maximum Gasteiger partial charge on any atom is 0.165 e. The second-order valence-electron chi connectivity index (χ2n) is 8.51. The first-order valence-electron chi connectivity index (χ1n) is 11.2. The van der Waals surface area contributed by atoms with Crippen LogP contribution in [0.5, 0.6) is 0 Å². The van der Waals surface area contributed by atoms with Crippen molar-refractivity contribution in [1.82, 2.24) is 24.9 Å². The highest BCUT2D eigenvalue weighted by Gasteiger charge is 2.22. The third-order valence-corrected chi connectivity index (χ3v) is 6.29. The smallest absolute Gasteiger partial charge is 0.165 e. The number of hydrogen-bond donors (Lipinski definition) is 1. The number of anilines is 2. The summed E-state index contributed by atoms with van der Waals surface area (Å²) in [6.07, 6.45) is 13.2. The zero-order valence-corrected chi connectivity index (χ0v) is 18.3. The fourth-order valence-electron chi connectivity index (χ4n) is 4.61. The van der Waals surface area contributed by atoms with E-state index in [1.54, 1.807) is 6.20 Å². The standard InChI is InChI=1S/C25H27N7/c1-32(15-17-6-5-11-27-13-17)22-10-9-19(14-28-22)21-12-20(18-7-3-2-4-8-18)23-24(26)29-16-30-25(23)31-21/h5-6,9-14,16,18H,2-4,7-8,15H2,1H3,(H2,26,29,30,31). The van der Waals surface area contributed by atoms with Gasteiger partial charge >= 0.3 is 0 Å². The summed E-state index contributed by atoms with van der Waals surface area (Å²) in [6.45, 7) is 0.746. The Morgan fingerprint density at radius 2 is 1.91 bits per heavy atom. The van der Waals surface area contributed by atoms with Crippen LogP contribution >= 0.6 is 0 Å². The summed E-state index contributed by atoms with van der Waals surface area (Å²) in [5.41, 5.74) is 11.1. The molecule has 4 aromatic heterocycles. The van der Waals surface area contributed by atoms with E-state index in [4.69, 9.17) is 15.7 Å². The Morgan fingerprint density at radius 3 is 2.66 bits per heavy atom. The lowest BCUT2D eigenvalue weighted by Gasteiger charge is -2.24. The van der Waals surface area contributed by atoms with E-state index in [1.807, 2.05) is 31.6 Å². The van der Waals surface area contributed by atoms with Gasteiger partial charge in [-0.3, -0.25) is 4.98 Å². The number of nitrogens with two attached hydrogens (primary N) is 1. The van der Waals surface area contributed by atoms with Crippen LogP contribution in [0.3, 0.4) is 0 Å². The van der Waals surface area contributed by atoms with Crippen LogP contribution in [0.15, 0.2) is 55.2 Å². The van der Waals surface area contributed by atoms with E-state index in [0.717, 1.165) is 34.6 Å². The summed E-state index contributed by atoms with van der Waals surface area (Å²) in [7, 11) is 2.03. The van der Waals surface area contributed by atoms with Crippen LogP contribution < -0.4 is 10.6 Å². The molecule has 0 bridgehead atoms. The first-order chi connectivity index (χ1) is 15.7. The molecule has 7 heteroatoms. The molecule has 1 aliphatic carbocycles. The van der Waals surface area contributed by atoms with E-state index >= 15 is 0 Å². The van der Waals surface area contributed by atoms with Crippen LogP contribution in [-0.4, -0.2) is 32.0 Å². The zero-order valence-electron chi connectivity index (χ0n) is 18.3. The number of hydrogen-bond acceptors (Lipinski definition) is 7. The van der Waals surface area contributed by atoms with Crippen molar-refractivity contribution in [2.24, 2.45) is 0 Å². The van der Waals surface area contributed by atoms with Gasteiger partial charge in [0, 0.05) is 37.7 Å². The topological polar surface area (TPSA) is 93.7 Å². The molecule has 1 saturated carbocycles. The van der Waals surface area contributed by atoms with E-state index in [-0.39, 0.29) is 0 Å². The summed E-state index contributed by atoms with van der Waals surface area (Å²) in [5, 5.41) is 0.906. The SMILES string of the molecule is CN(Cc1cccnc1)c1ccc(-c2cc(C3CCCCC3)c3c(N)ncnc3n2)cn1. The van der Waals surface area contributed by atoms with Crippen molar-refractivity contribution in [2.75, 3.05) is 17.7 Å². The van der Waals surface area contributed by atoms with Crippen LogP contribution in [0.1, 0.15) is 49.1 Å². The average Bonchev–Trinajstić information content (AvgIpc) is 2.85. The van der Waals surface area contributed by atoms with Gasteiger partial charge in [0.05, 0.1) is 11.1 Å². The second kappa shape index (κ2) is 8.86. The first-order valence-corrected chi connectivity index (χ1v) is 11.2. The summed E-state index contributed by atoms with van der Waals surface area (Å²) < 4.78 is 0. The van der Waals surface area contributed by atoms with Gasteiger partial charge < -0.3 is 10.6 Å². The number of nitrogen functional groups attached to an aromatic ring is 1. The van der Waals surface area contributed by atoms with Crippen LogP contribution in [0.2, 0.25) is 0 Å². The molecule has 162 valence electrons. The van der Waals surface area contributed by atoms with Gasteiger partial charge in [-0.1, -0.05) is 25.3 Å². The summed E-state index contributed by atoms with van der Waals surface area (Å²) in [5.74, 6) is 1.89. The average molecular weight is 426 g/mol. The molecule has 5 rings (SSSR count). The van der Waals surface area contributed by atoms with Gasteiger partial charge in [-0.2, -0.15) is 0 Å². The van der Waals surface area contributed by atoms with E-state index < -0.39 is 0 Å². The molecule has 0 aliphatic heterocycles. The Balaban J connectivity index is 1.48. The van der Waals surface area contributed by atoms with Crippen molar-refractivity contribution in [3.05, 3.63) is 66.4 Å². The molecule has 0 aromatic carbocycles. The summed E-state index contributed by atoms with van der Waals surface area (Å²) in [4.78, 5) is 24.5. The lowest BCUT2D eigenvalue weighted by atomic mass is 9.82. The molecule has 4 aromatic rings. The molecule has 0 unspecified atom stereocenters. The lowest BCUT2D eigenvalue weighted by molar-refractivity contribution is 0.445. The normalized spacial score (nSPS) is 14.5. The lowest BCUT2D eigenvalue weighted by Crippen LogP contribution is -2.17. The highest BCUT2D eigenvalue weighted by Crippen LogP contribution is 2.38. The minimum Gasteiger partial charge on any atom is -0.383 e. The van der Waals surface area contributed by atoms with Gasteiger partial charge in [0.1, 0.15) is 18.0 Å². The molecule has 0 spiro atoms. The van der Waals surface area contributed by atoms with Crippen molar-refractivity contribution in [1.29, 1.82) is 0 Å². The van der Waals surface area contributed by atoms with Crippen molar-refractivity contribution in [2.45, 2.75) is 44.6 Å². The Kier molecular flexibility index (Phi) is 5.62. The van der Waals surface area contributed by atoms with Crippen LogP contribution in [0.25, 0.3) is 22.3 Å². The van der Waals surface area contributed by atoms with Crippen molar-refractivity contribution in [3.8, 4) is 11.3 Å². The highest BCUT2D eigenvalue weighted by atomic mass is 15.2. The molecule has 4 heterocycles. The largest absolute Gasteiger partial charge is 0.383 e. The minimum absolute atomic E-state index is 0.471. The van der Waals surface area contributed by atoms with Gasteiger partial charge in [-0.25, -0.2) is 19.9 Å². The Morgan fingerprint density at radius 1 is 1.03 bits per heavy atom. The maximum absolute atomic E-state index is 6.26. The number of nitrogens with zero attached hydrogens (tertiary/aromatic N) is 6. The maximum atomic E-state index is 6.26. The third-order valence-electron chi connectivity index (χ3n) is 6.29. The monoisotopic (exact) mass is 425 g/mol. The quantitative estimate of drug-likeness (QED) is 0.493. The highest BCUT2D eigenvalue weighted by molar-refractivity contribution is 5.90. The van der Waals surface area contributed by atoms with Crippen molar-refractivity contribution in [3.63, 3.8) is 0 Å². The van der Waals surface area contributed by atoms with Gasteiger partial charge in [-0.05, 0) is 54.2 Å². The van der Waals surface area contributed by atoms with Gasteiger partial charge in [0.15, 0.2) is 5.65 Å².